The lowest BCUT2D eigenvalue weighted by atomic mass is 10.1. The van der Waals surface area contributed by atoms with E-state index in [0.29, 0.717) is 11.5 Å². The van der Waals surface area contributed by atoms with Gasteiger partial charge in [-0.1, -0.05) is 37.3 Å². The van der Waals surface area contributed by atoms with Gasteiger partial charge in [0.25, 0.3) is 5.91 Å². The van der Waals surface area contributed by atoms with E-state index in [4.69, 9.17) is 0 Å². The maximum atomic E-state index is 12.5. The van der Waals surface area contributed by atoms with Crippen LogP contribution in [0.25, 0.3) is 0 Å². The smallest absolute Gasteiger partial charge is 0.275 e. The molecule has 1 N–H and O–H groups in total. The van der Waals surface area contributed by atoms with Gasteiger partial charge in [-0.15, -0.1) is 0 Å². The van der Waals surface area contributed by atoms with Crippen LogP contribution in [0, 0.1) is 6.92 Å². The minimum Gasteiger partial charge on any atom is -0.325 e. The van der Waals surface area contributed by atoms with Crippen LogP contribution in [0.4, 0.5) is 17.2 Å². The van der Waals surface area contributed by atoms with Gasteiger partial charge >= 0.3 is 0 Å². The van der Waals surface area contributed by atoms with Crippen molar-refractivity contribution < 1.29 is 4.79 Å². The van der Waals surface area contributed by atoms with E-state index >= 15 is 0 Å². The fourth-order valence-corrected chi connectivity index (χ4v) is 2.99. The second kappa shape index (κ2) is 8.45. The highest BCUT2D eigenvalue weighted by molar-refractivity contribution is 6.03. The second-order valence-corrected chi connectivity index (χ2v) is 6.31. The van der Waals surface area contributed by atoms with Crippen LogP contribution >= 0.6 is 0 Å². The lowest BCUT2D eigenvalue weighted by Gasteiger charge is -2.22. The molecule has 0 aliphatic rings. The van der Waals surface area contributed by atoms with Gasteiger partial charge in [-0.2, -0.15) is 0 Å². The number of aryl methyl sites for hydroxylation is 2. The molecule has 0 aliphatic heterocycles. The first-order chi connectivity index (χ1) is 13.1. The fraction of sp³-hybridized carbons (Fsp3) is 0.227. The zero-order valence-corrected chi connectivity index (χ0v) is 15.9. The van der Waals surface area contributed by atoms with E-state index in [9.17, 15) is 4.79 Å². The van der Waals surface area contributed by atoms with Gasteiger partial charge in [0.1, 0.15) is 5.69 Å². The zero-order chi connectivity index (χ0) is 19.2. The Morgan fingerprint density at radius 1 is 1.04 bits per heavy atom. The highest BCUT2D eigenvalue weighted by atomic mass is 16.1. The van der Waals surface area contributed by atoms with Gasteiger partial charge in [0.05, 0.1) is 12.4 Å². The van der Waals surface area contributed by atoms with Crippen LogP contribution in [-0.4, -0.2) is 22.4 Å². The number of nitrogens with one attached hydrogen (secondary N) is 1. The molecule has 5 nitrogen and oxygen atoms in total. The predicted octanol–water partition coefficient (Wildman–Crippen LogP) is 4.76. The number of amides is 1. The molecular formula is C22H24N4O. The quantitative estimate of drug-likeness (QED) is 0.689. The summed E-state index contributed by atoms with van der Waals surface area (Å²) in [6.07, 6.45) is 4.02. The van der Waals surface area contributed by atoms with E-state index in [-0.39, 0.29) is 5.91 Å². The molecule has 0 saturated carbocycles. The maximum Gasteiger partial charge on any atom is 0.275 e. The first kappa shape index (κ1) is 18.6. The van der Waals surface area contributed by atoms with E-state index in [1.54, 1.807) is 6.20 Å². The summed E-state index contributed by atoms with van der Waals surface area (Å²) in [7, 11) is 0. The first-order valence-electron chi connectivity index (χ1n) is 9.18. The van der Waals surface area contributed by atoms with Gasteiger partial charge in [-0.3, -0.25) is 4.79 Å². The number of aromatic nitrogens is 2. The lowest BCUT2D eigenvalue weighted by molar-refractivity contribution is 0.102. The van der Waals surface area contributed by atoms with Crippen LogP contribution in [0.3, 0.4) is 0 Å². The number of anilines is 3. The van der Waals surface area contributed by atoms with E-state index in [1.165, 1.54) is 11.8 Å². The van der Waals surface area contributed by atoms with E-state index in [2.05, 4.69) is 53.1 Å². The summed E-state index contributed by atoms with van der Waals surface area (Å²) < 4.78 is 0. The van der Waals surface area contributed by atoms with Crippen molar-refractivity contribution in [2.24, 2.45) is 0 Å². The molecule has 3 rings (SSSR count). The molecule has 27 heavy (non-hydrogen) atoms. The summed E-state index contributed by atoms with van der Waals surface area (Å²) in [6, 6.07) is 16.0. The number of benzene rings is 2. The van der Waals surface area contributed by atoms with Crippen LogP contribution < -0.4 is 10.2 Å². The summed E-state index contributed by atoms with van der Waals surface area (Å²) in [5, 5.41) is 2.92. The van der Waals surface area contributed by atoms with Gasteiger partial charge < -0.3 is 10.2 Å². The number of hydrogen-bond donors (Lipinski definition) is 1. The SMILES string of the molecule is CCc1ccccc1NC(=O)c1cnc(N(CC)c2cccc(C)c2)cn1. The molecule has 0 spiro atoms. The molecule has 0 fully saturated rings. The molecule has 3 aromatic rings. The third-order valence-electron chi connectivity index (χ3n) is 4.42. The van der Waals surface area contributed by atoms with Crippen molar-refractivity contribution in [3.05, 3.63) is 77.7 Å². The summed E-state index contributed by atoms with van der Waals surface area (Å²) >= 11 is 0. The van der Waals surface area contributed by atoms with Crippen molar-refractivity contribution in [3.63, 3.8) is 0 Å². The van der Waals surface area contributed by atoms with Crippen LogP contribution in [0.15, 0.2) is 60.9 Å². The molecule has 1 amide bonds. The number of rotatable bonds is 6. The largest absolute Gasteiger partial charge is 0.325 e. The molecule has 0 radical (unpaired) electrons. The molecule has 5 heteroatoms. The van der Waals surface area contributed by atoms with Crippen molar-refractivity contribution in [2.45, 2.75) is 27.2 Å². The Bertz CT molecular complexity index is 922. The summed E-state index contributed by atoms with van der Waals surface area (Å²) in [6.45, 7) is 6.94. The molecule has 1 heterocycles. The second-order valence-electron chi connectivity index (χ2n) is 6.31. The zero-order valence-electron chi connectivity index (χ0n) is 15.9. The average Bonchev–Trinajstić information content (AvgIpc) is 2.69. The fourth-order valence-electron chi connectivity index (χ4n) is 2.99. The van der Waals surface area contributed by atoms with Gasteiger partial charge in [0.2, 0.25) is 0 Å². The molecule has 2 aromatic carbocycles. The molecule has 0 aliphatic carbocycles. The van der Waals surface area contributed by atoms with Crippen LogP contribution in [0.2, 0.25) is 0 Å². The average molecular weight is 360 g/mol. The molecule has 0 unspecified atom stereocenters. The van der Waals surface area contributed by atoms with Gasteiger partial charge in [0.15, 0.2) is 5.82 Å². The Balaban J connectivity index is 1.79. The molecule has 138 valence electrons. The number of nitrogens with zero attached hydrogens (tertiary/aromatic N) is 3. The Morgan fingerprint density at radius 3 is 2.52 bits per heavy atom. The summed E-state index contributed by atoms with van der Waals surface area (Å²) in [5.74, 6) is 0.460. The minimum absolute atomic E-state index is 0.256. The van der Waals surface area contributed by atoms with Crippen LogP contribution in [0.1, 0.15) is 35.5 Å². The Kier molecular flexibility index (Phi) is 5.81. The third-order valence-corrected chi connectivity index (χ3v) is 4.42. The normalized spacial score (nSPS) is 10.5. The van der Waals surface area contributed by atoms with Crippen molar-refractivity contribution in [1.82, 2.24) is 9.97 Å². The van der Waals surface area contributed by atoms with Crippen LogP contribution in [0.5, 0.6) is 0 Å². The molecule has 0 saturated heterocycles. The number of para-hydroxylation sites is 1. The van der Waals surface area contributed by atoms with E-state index in [1.807, 2.05) is 36.4 Å². The van der Waals surface area contributed by atoms with Crippen molar-refractivity contribution in [3.8, 4) is 0 Å². The molecule has 0 atom stereocenters. The Labute approximate surface area is 160 Å². The van der Waals surface area contributed by atoms with Gasteiger partial charge in [-0.05, 0) is 49.6 Å². The molecule has 0 bridgehead atoms. The summed E-state index contributed by atoms with van der Waals surface area (Å²) in [4.78, 5) is 23.4. The van der Waals surface area contributed by atoms with Crippen molar-refractivity contribution in [1.29, 1.82) is 0 Å². The van der Waals surface area contributed by atoms with Gasteiger partial charge in [0, 0.05) is 17.9 Å². The number of carbonyl (C=O) groups is 1. The minimum atomic E-state index is -0.256. The van der Waals surface area contributed by atoms with Crippen molar-refractivity contribution >= 4 is 23.1 Å². The highest BCUT2D eigenvalue weighted by Gasteiger charge is 2.13. The standard InChI is InChI=1S/C22H24N4O/c1-4-17-10-6-7-12-19(17)25-22(27)20-14-24-21(15-23-20)26(5-2)18-11-8-9-16(3)13-18/h6-15H,4-5H2,1-3H3,(H,25,27). The van der Waals surface area contributed by atoms with Crippen LogP contribution in [-0.2, 0) is 6.42 Å². The molecular weight excluding hydrogens is 336 g/mol. The topological polar surface area (TPSA) is 58.1 Å². The predicted molar refractivity (Wildman–Crippen MR) is 110 cm³/mol. The number of hydrogen-bond acceptors (Lipinski definition) is 4. The lowest BCUT2D eigenvalue weighted by Crippen LogP contribution is -2.19. The maximum absolute atomic E-state index is 12.5. The Hall–Kier alpha value is -3.21. The molecule has 1 aromatic heterocycles. The first-order valence-corrected chi connectivity index (χ1v) is 9.18. The van der Waals surface area contributed by atoms with E-state index in [0.717, 1.165) is 29.9 Å². The Morgan fingerprint density at radius 2 is 1.85 bits per heavy atom. The van der Waals surface area contributed by atoms with Crippen molar-refractivity contribution in [2.75, 3.05) is 16.8 Å². The van der Waals surface area contributed by atoms with Gasteiger partial charge in [-0.25, -0.2) is 9.97 Å². The van der Waals surface area contributed by atoms with E-state index < -0.39 is 0 Å². The summed E-state index contributed by atoms with van der Waals surface area (Å²) in [5.41, 5.74) is 4.44. The third kappa shape index (κ3) is 4.31. The number of carbonyl (C=O) groups excluding carboxylic acids is 1. The monoisotopic (exact) mass is 360 g/mol. The highest BCUT2D eigenvalue weighted by Crippen LogP contribution is 2.23.